The van der Waals surface area contributed by atoms with Crippen molar-refractivity contribution in [3.63, 3.8) is 0 Å². The lowest BCUT2D eigenvalue weighted by atomic mass is 10.0. The molecule has 0 saturated heterocycles. The molecule has 26 heavy (non-hydrogen) atoms. The van der Waals surface area contributed by atoms with Crippen LogP contribution in [0.2, 0.25) is 0 Å². The minimum atomic E-state index is -0.152. The quantitative estimate of drug-likeness (QED) is 0.570. The molecule has 1 aromatic heterocycles. The molecule has 0 saturated carbocycles. The number of rotatable bonds is 7. The monoisotopic (exact) mass is 348 g/mol. The molecule has 0 bridgehead atoms. The second-order valence-electron chi connectivity index (χ2n) is 6.26. The SMILES string of the molecule is CC(CNC(=O)NCCNc1ccc2ccccc2n1)c1ccccc1. The molecule has 5 nitrogen and oxygen atoms in total. The van der Waals surface area contributed by atoms with Gasteiger partial charge in [0.1, 0.15) is 5.82 Å². The minimum Gasteiger partial charge on any atom is -0.368 e. The molecule has 3 N–H and O–H groups in total. The summed E-state index contributed by atoms with van der Waals surface area (Å²) in [5.74, 6) is 1.09. The van der Waals surface area contributed by atoms with Crippen LogP contribution in [0.3, 0.4) is 0 Å². The first-order chi connectivity index (χ1) is 12.7. The first-order valence-electron chi connectivity index (χ1n) is 8.88. The van der Waals surface area contributed by atoms with Gasteiger partial charge in [-0.3, -0.25) is 0 Å². The number of fused-ring (bicyclic) bond motifs is 1. The zero-order valence-corrected chi connectivity index (χ0v) is 14.9. The Morgan fingerprint density at radius 3 is 2.54 bits per heavy atom. The minimum absolute atomic E-state index is 0.152. The fraction of sp³-hybridized carbons (Fsp3) is 0.238. The molecular weight excluding hydrogens is 324 g/mol. The van der Waals surface area contributed by atoms with Crippen molar-refractivity contribution in [2.24, 2.45) is 0 Å². The summed E-state index contributed by atoms with van der Waals surface area (Å²) < 4.78 is 0. The van der Waals surface area contributed by atoms with Crippen LogP contribution in [-0.4, -0.2) is 30.6 Å². The van der Waals surface area contributed by atoms with Crippen molar-refractivity contribution < 1.29 is 4.79 Å². The molecule has 0 aliphatic carbocycles. The van der Waals surface area contributed by atoms with Crippen molar-refractivity contribution >= 4 is 22.8 Å². The van der Waals surface area contributed by atoms with Crippen molar-refractivity contribution in [1.82, 2.24) is 15.6 Å². The molecule has 0 fully saturated rings. The highest BCUT2D eigenvalue weighted by molar-refractivity contribution is 5.80. The Hall–Kier alpha value is -3.08. The molecule has 1 atom stereocenters. The first kappa shape index (κ1) is 17.7. The number of hydrogen-bond donors (Lipinski definition) is 3. The number of para-hydroxylation sites is 1. The highest BCUT2D eigenvalue weighted by Crippen LogP contribution is 2.14. The molecule has 2 aromatic carbocycles. The van der Waals surface area contributed by atoms with Crippen LogP contribution in [0, 0.1) is 0 Å². The van der Waals surface area contributed by atoms with E-state index in [-0.39, 0.29) is 11.9 Å². The third kappa shape index (κ3) is 4.96. The molecule has 1 heterocycles. The van der Waals surface area contributed by atoms with Crippen molar-refractivity contribution in [1.29, 1.82) is 0 Å². The predicted molar refractivity (Wildman–Crippen MR) is 106 cm³/mol. The van der Waals surface area contributed by atoms with E-state index in [2.05, 4.69) is 40.0 Å². The Balaban J connectivity index is 1.37. The molecule has 2 amide bonds. The number of pyridine rings is 1. The Bertz CT molecular complexity index is 851. The summed E-state index contributed by atoms with van der Waals surface area (Å²) in [5, 5.41) is 10.1. The summed E-state index contributed by atoms with van der Waals surface area (Å²) in [7, 11) is 0. The van der Waals surface area contributed by atoms with Crippen LogP contribution < -0.4 is 16.0 Å². The molecule has 1 unspecified atom stereocenters. The summed E-state index contributed by atoms with van der Waals surface area (Å²) in [4.78, 5) is 16.4. The van der Waals surface area contributed by atoms with Gasteiger partial charge in [-0.1, -0.05) is 55.5 Å². The van der Waals surface area contributed by atoms with Crippen LogP contribution >= 0.6 is 0 Å². The fourth-order valence-electron chi connectivity index (χ4n) is 2.74. The highest BCUT2D eigenvalue weighted by atomic mass is 16.2. The van der Waals surface area contributed by atoms with E-state index in [9.17, 15) is 4.79 Å². The molecule has 3 rings (SSSR count). The summed E-state index contributed by atoms with van der Waals surface area (Å²) in [6.45, 7) is 3.85. The maximum atomic E-state index is 11.9. The molecule has 0 aliphatic heterocycles. The molecule has 0 spiro atoms. The second kappa shape index (κ2) is 8.85. The topological polar surface area (TPSA) is 66.1 Å². The average Bonchev–Trinajstić information content (AvgIpc) is 2.70. The van der Waals surface area contributed by atoms with E-state index in [4.69, 9.17) is 0 Å². The Labute approximate surface area is 153 Å². The zero-order valence-electron chi connectivity index (χ0n) is 14.9. The molecule has 0 radical (unpaired) electrons. The number of nitrogens with zero attached hydrogens (tertiary/aromatic N) is 1. The largest absolute Gasteiger partial charge is 0.368 e. The van der Waals surface area contributed by atoms with Gasteiger partial charge in [0.05, 0.1) is 5.52 Å². The maximum Gasteiger partial charge on any atom is 0.314 e. The third-order valence-electron chi connectivity index (χ3n) is 4.25. The molecule has 3 aromatic rings. The Kier molecular flexibility index (Phi) is 6.04. The predicted octanol–water partition coefficient (Wildman–Crippen LogP) is 3.75. The van der Waals surface area contributed by atoms with Crippen LogP contribution in [0.25, 0.3) is 10.9 Å². The molecular formula is C21H24N4O. The number of benzene rings is 2. The van der Waals surface area contributed by atoms with E-state index in [1.165, 1.54) is 5.56 Å². The zero-order chi connectivity index (χ0) is 18.2. The van der Waals surface area contributed by atoms with Gasteiger partial charge < -0.3 is 16.0 Å². The standard InChI is InChI=1S/C21H24N4O/c1-16(17-7-3-2-4-8-17)15-24-21(26)23-14-13-22-20-12-11-18-9-5-6-10-19(18)25-20/h2-12,16H,13-15H2,1H3,(H,22,25)(H2,23,24,26). The van der Waals surface area contributed by atoms with E-state index in [0.717, 1.165) is 16.7 Å². The summed E-state index contributed by atoms with van der Waals surface area (Å²) in [6.07, 6.45) is 0. The van der Waals surface area contributed by atoms with Crippen LogP contribution in [0.5, 0.6) is 0 Å². The lowest BCUT2D eigenvalue weighted by Crippen LogP contribution is -2.39. The number of hydrogen-bond acceptors (Lipinski definition) is 3. The van der Waals surface area contributed by atoms with Crippen molar-refractivity contribution in [2.45, 2.75) is 12.8 Å². The van der Waals surface area contributed by atoms with Crippen LogP contribution in [0.1, 0.15) is 18.4 Å². The van der Waals surface area contributed by atoms with E-state index in [1.807, 2.05) is 54.6 Å². The third-order valence-corrected chi connectivity index (χ3v) is 4.25. The van der Waals surface area contributed by atoms with Gasteiger partial charge in [-0.15, -0.1) is 0 Å². The maximum absolute atomic E-state index is 11.9. The number of amides is 2. The normalized spacial score (nSPS) is 11.7. The molecule has 0 aliphatic rings. The van der Waals surface area contributed by atoms with Gasteiger partial charge in [-0.05, 0) is 29.7 Å². The van der Waals surface area contributed by atoms with Crippen molar-refractivity contribution in [3.05, 3.63) is 72.3 Å². The average molecular weight is 348 g/mol. The van der Waals surface area contributed by atoms with E-state index in [1.54, 1.807) is 0 Å². The number of nitrogens with one attached hydrogen (secondary N) is 3. The summed E-state index contributed by atoms with van der Waals surface area (Å²) in [5.41, 5.74) is 2.18. The lowest BCUT2D eigenvalue weighted by Gasteiger charge is -2.14. The van der Waals surface area contributed by atoms with E-state index in [0.29, 0.717) is 19.6 Å². The van der Waals surface area contributed by atoms with Gasteiger partial charge in [0.15, 0.2) is 0 Å². The number of urea groups is 1. The van der Waals surface area contributed by atoms with Gasteiger partial charge in [0.2, 0.25) is 0 Å². The van der Waals surface area contributed by atoms with Crippen molar-refractivity contribution in [3.8, 4) is 0 Å². The van der Waals surface area contributed by atoms with Gasteiger partial charge in [0.25, 0.3) is 0 Å². The lowest BCUT2D eigenvalue weighted by molar-refractivity contribution is 0.240. The van der Waals surface area contributed by atoms with Crippen LogP contribution in [0.15, 0.2) is 66.7 Å². The number of carbonyl (C=O) groups is 1. The highest BCUT2D eigenvalue weighted by Gasteiger charge is 2.06. The van der Waals surface area contributed by atoms with Gasteiger partial charge in [-0.25, -0.2) is 9.78 Å². The van der Waals surface area contributed by atoms with Crippen molar-refractivity contribution in [2.75, 3.05) is 25.0 Å². The van der Waals surface area contributed by atoms with Crippen LogP contribution in [0.4, 0.5) is 10.6 Å². The Morgan fingerprint density at radius 2 is 1.69 bits per heavy atom. The summed E-state index contributed by atoms with van der Waals surface area (Å²) >= 11 is 0. The van der Waals surface area contributed by atoms with Crippen LogP contribution in [-0.2, 0) is 0 Å². The van der Waals surface area contributed by atoms with Gasteiger partial charge in [0, 0.05) is 25.0 Å². The smallest absolute Gasteiger partial charge is 0.314 e. The second-order valence-corrected chi connectivity index (χ2v) is 6.26. The van der Waals surface area contributed by atoms with E-state index < -0.39 is 0 Å². The van der Waals surface area contributed by atoms with Gasteiger partial charge >= 0.3 is 6.03 Å². The molecule has 5 heteroatoms. The van der Waals surface area contributed by atoms with E-state index >= 15 is 0 Å². The summed E-state index contributed by atoms with van der Waals surface area (Å²) in [6, 6.07) is 22.0. The molecule has 134 valence electrons. The van der Waals surface area contributed by atoms with Gasteiger partial charge in [-0.2, -0.15) is 0 Å². The number of carbonyl (C=O) groups excluding carboxylic acids is 1. The first-order valence-corrected chi connectivity index (χ1v) is 8.88. The number of anilines is 1. The number of aromatic nitrogens is 1. The fourth-order valence-corrected chi connectivity index (χ4v) is 2.74. The Morgan fingerprint density at radius 1 is 0.923 bits per heavy atom.